The lowest BCUT2D eigenvalue weighted by atomic mass is 9.85. The summed E-state index contributed by atoms with van der Waals surface area (Å²) in [6.07, 6.45) is 3.42. The fourth-order valence-corrected chi connectivity index (χ4v) is 7.33. The van der Waals surface area contributed by atoms with E-state index in [1.165, 1.54) is 0 Å². The van der Waals surface area contributed by atoms with Crippen LogP contribution in [0.15, 0.2) is 30.9 Å². The molecule has 52 heavy (non-hydrogen) atoms. The number of allylic oxidation sites excluding steroid dienone is 3. The van der Waals surface area contributed by atoms with Gasteiger partial charge in [-0.05, 0) is 99.9 Å². The van der Waals surface area contributed by atoms with Gasteiger partial charge in [-0.25, -0.2) is 14.6 Å². The van der Waals surface area contributed by atoms with Crippen molar-refractivity contribution in [3.05, 3.63) is 81.4 Å². The maximum atomic E-state index is 14.2. The number of aromatic carboxylic acids is 1. The van der Waals surface area contributed by atoms with E-state index in [4.69, 9.17) is 15.7 Å². The number of aliphatic carboxylic acids is 2. The van der Waals surface area contributed by atoms with E-state index in [2.05, 4.69) is 21.9 Å². The average molecular weight is 711 g/mol. The van der Waals surface area contributed by atoms with Gasteiger partial charge in [0.05, 0.1) is 28.2 Å². The van der Waals surface area contributed by atoms with E-state index >= 15 is 0 Å². The zero-order chi connectivity index (χ0) is 38.0. The Labute approximate surface area is 301 Å². The third-order valence-electron chi connectivity index (χ3n) is 10.3. The Balaban J connectivity index is 1.96. The number of nitrogens with zero attached hydrogens (tertiary/aromatic N) is 2. The SMILES string of the molecule is C=CC1=C(C)c2cc3nc(c(C(=O)O)c4[nH]c(cc5[nH]c(cc1n2)c(C)c5CC)c(C)c4C(=O)NC(CCCCN)C(=O)O)[C@@H](CCC(=O)O)[C@@H]3C. The summed E-state index contributed by atoms with van der Waals surface area (Å²) in [6.45, 7) is 13.9. The maximum Gasteiger partial charge on any atom is 0.339 e. The Hall–Kier alpha value is -5.56. The molecule has 0 fully saturated rings. The van der Waals surface area contributed by atoms with Gasteiger partial charge in [0.15, 0.2) is 0 Å². The third-order valence-corrected chi connectivity index (χ3v) is 10.3. The molecular formula is C39H46N6O7. The first-order valence-electron chi connectivity index (χ1n) is 17.5. The number of H-pyrrole nitrogens is 2. The second-order valence-corrected chi connectivity index (χ2v) is 13.5. The van der Waals surface area contributed by atoms with Crippen molar-refractivity contribution in [3.8, 4) is 0 Å². The van der Waals surface area contributed by atoms with Crippen LogP contribution in [-0.4, -0.2) is 71.7 Å². The normalized spacial score (nSPS) is 16.1. The summed E-state index contributed by atoms with van der Waals surface area (Å²) in [7, 11) is 0. The number of carboxylic acids is 3. The molecule has 1 unspecified atom stereocenters. The molecule has 8 N–H and O–H groups in total. The van der Waals surface area contributed by atoms with Crippen molar-refractivity contribution in [2.75, 3.05) is 6.54 Å². The minimum Gasteiger partial charge on any atom is -0.481 e. The molecule has 0 spiro atoms. The predicted molar refractivity (Wildman–Crippen MR) is 199 cm³/mol. The number of aromatic amines is 2. The number of amides is 1. The van der Waals surface area contributed by atoms with Crippen LogP contribution >= 0.6 is 0 Å². The van der Waals surface area contributed by atoms with Gasteiger partial charge in [-0.1, -0.05) is 26.5 Å². The molecule has 0 saturated heterocycles. The smallest absolute Gasteiger partial charge is 0.339 e. The van der Waals surface area contributed by atoms with Gasteiger partial charge in [-0.15, -0.1) is 0 Å². The van der Waals surface area contributed by atoms with Crippen LogP contribution in [0.4, 0.5) is 0 Å². The zero-order valence-corrected chi connectivity index (χ0v) is 30.1. The molecule has 5 rings (SSSR count). The first-order valence-corrected chi connectivity index (χ1v) is 17.5. The molecule has 2 aliphatic heterocycles. The van der Waals surface area contributed by atoms with E-state index in [0.717, 1.165) is 33.3 Å². The van der Waals surface area contributed by atoms with Crippen LogP contribution in [0.25, 0.3) is 33.2 Å². The Bertz CT molecular complexity index is 2180. The second-order valence-electron chi connectivity index (χ2n) is 13.5. The monoisotopic (exact) mass is 710 g/mol. The van der Waals surface area contributed by atoms with Crippen molar-refractivity contribution in [1.29, 1.82) is 0 Å². The van der Waals surface area contributed by atoms with Crippen LogP contribution in [-0.2, 0) is 16.0 Å². The lowest BCUT2D eigenvalue weighted by molar-refractivity contribution is -0.139. The fraction of sp³-hybridized carbons (Fsp3) is 0.385. The van der Waals surface area contributed by atoms with E-state index in [1.54, 1.807) is 19.1 Å². The number of hydrogen-bond donors (Lipinski definition) is 7. The van der Waals surface area contributed by atoms with E-state index in [9.17, 15) is 34.5 Å². The number of carbonyl (C=O) groups excluding carboxylic acids is 1. The Kier molecular flexibility index (Phi) is 11.1. The minimum atomic E-state index is -1.38. The van der Waals surface area contributed by atoms with E-state index in [0.29, 0.717) is 54.0 Å². The summed E-state index contributed by atoms with van der Waals surface area (Å²) in [5.41, 5.74) is 13.2. The topological polar surface area (TPSA) is 224 Å². The number of aryl methyl sites for hydroxylation is 3. The summed E-state index contributed by atoms with van der Waals surface area (Å²) in [5.74, 6) is -5.47. The van der Waals surface area contributed by atoms with Gasteiger partial charge in [-0.3, -0.25) is 14.6 Å². The number of nitrogens with one attached hydrogen (secondary N) is 3. The number of rotatable bonds is 13. The lowest BCUT2D eigenvalue weighted by Crippen LogP contribution is -2.41. The molecule has 1 amide bonds. The lowest BCUT2D eigenvalue weighted by Gasteiger charge is -2.17. The van der Waals surface area contributed by atoms with E-state index in [-0.39, 0.29) is 41.6 Å². The predicted octanol–water partition coefficient (Wildman–Crippen LogP) is 6.37. The molecule has 5 heterocycles. The molecule has 0 saturated carbocycles. The summed E-state index contributed by atoms with van der Waals surface area (Å²) >= 11 is 0. The van der Waals surface area contributed by atoms with Crippen molar-refractivity contribution in [3.63, 3.8) is 0 Å². The Morgan fingerprint density at radius 2 is 1.67 bits per heavy atom. The molecule has 274 valence electrons. The zero-order valence-electron chi connectivity index (χ0n) is 30.1. The van der Waals surface area contributed by atoms with Crippen LogP contribution in [0, 0.1) is 13.8 Å². The van der Waals surface area contributed by atoms with Crippen molar-refractivity contribution < 1.29 is 34.5 Å². The fourth-order valence-electron chi connectivity index (χ4n) is 7.33. The number of aromatic nitrogens is 4. The second kappa shape index (κ2) is 15.4. The van der Waals surface area contributed by atoms with E-state index < -0.39 is 41.7 Å². The highest BCUT2D eigenvalue weighted by atomic mass is 16.4. The highest BCUT2D eigenvalue weighted by Gasteiger charge is 2.35. The molecule has 0 aliphatic carbocycles. The molecule has 13 nitrogen and oxygen atoms in total. The van der Waals surface area contributed by atoms with Crippen molar-refractivity contribution in [2.45, 2.75) is 91.0 Å². The number of carboxylic acid groups (broad SMARTS) is 3. The van der Waals surface area contributed by atoms with Gasteiger partial charge in [0, 0.05) is 46.1 Å². The molecule has 0 radical (unpaired) electrons. The highest BCUT2D eigenvalue weighted by Crippen LogP contribution is 2.43. The van der Waals surface area contributed by atoms with Crippen LogP contribution in [0.5, 0.6) is 0 Å². The third kappa shape index (κ3) is 7.13. The summed E-state index contributed by atoms with van der Waals surface area (Å²) in [5, 5.41) is 33.1. The molecule has 8 bridgehead atoms. The van der Waals surface area contributed by atoms with Gasteiger partial charge in [-0.2, -0.15) is 0 Å². The van der Waals surface area contributed by atoms with Gasteiger partial charge < -0.3 is 36.3 Å². The summed E-state index contributed by atoms with van der Waals surface area (Å²) < 4.78 is 0. The first-order chi connectivity index (χ1) is 24.7. The van der Waals surface area contributed by atoms with Crippen molar-refractivity contribution in [1.82, 2.24) is 25.3 Å². The standard InChI is InChI=1S/C39H46N6O7/c1-7-22-18(3)26-15-28-20(5)24(12-13-32(46)47)35(43-28)34(39(51)52)36-33(37(48)45-25(38(49)50)11-9-10-14-40)21(6)29(44-36)17-31-23(8-2)19(4)27(42-31)16-30(22)41-26/h7,15-17,20,24-25,42,44H,1,8-14,40H2,2-6H3,(H,45,48)(H,46,47)(H,49,50)(H,51,52)/t20-,24-,25?/m0/s1. The largest absolute Gasteiger partial charge is 0.481 e. The van der Waals surface area contributed by atoms with Crippen LogP contribution in [0.1, 0.15) is 125 Å². The summed E-state index contributed by atoms with van der Waals surface area (Å²) in [6, 6.07) is 4.33. The molecule has 3 atom stereocenters. The summed E-state index contributed by atoms with van der Waals surface area (Å²) in [4.78, 5) is 68.1. The van der Waals surface area contributed by atoms with Gasteiger partial charge in [0.25, 0.3) is 5.91 Å². The molecule has 13 heteroatoms. The van der Waals surface area contributed by atoms with Crippen molar-refractivity contribution >= 4 is 57.0 Å². The number of carbonyl (C=O) groups is 4. The van der Waals surface area contributed by atoms with Gasteiger partial charge in [0.1, 0.15) is 11.6 Å². The quantitative estimate of drug-likeness (QED) is 0.0970. The Morgan fingerprint density at radius 1 is 0.962 bits per heavy atom. The number of unbranched alkanes of at least 4 members (excludes halogenated alkanes) is 1. The first kappa shape index (κ1) is 37.7. The van der Waals surface area contributed by atoms with Crippen molar-refractivity contribution in [2.24, 2.45) is 5.73 Å². The van der Waals surface area contributed by atoms with Gasteiger partial charge >= 0.3 is 17.9 Å². The molecule has 3 aromatic heterocycles. The number of fused-ring (bicyclic) bond motifs is 8. The van der Waals surface area contributed by atoms with Crippen LogP contribution < -0.4 is 11.1 Å². The average Bonchev–Trinajstić information content (AvgIpc) is 3.76. The molecular weight excluding hydrogens is 664 g/mol. The van der Waals surface area contributed by atoms with Gasteiger partial charge in [0.2, 0.25) is 0 Å². The van der Waals surface area contributed by atoms with Crippen LogP contribution in [0.3, 0.4) is 0 Å². The Morgan fingerprint density at radius 3 is 2.29 bits per heavy atom. The molecule has 0 aromatic carbocycles. The van der Waals surface area contributed by atoms with Crippen LogP contribution in [0.2, 0.25) is 0 Å². The van der Waals surface area contributed by atoms with E-state index in [1.807, 2.05) is 39.8 Å². The highest BCUT2D eigenvalue weighted by molar-refractivity contribution is 6.11. The minimum absolute atomic E-state index is 0.0377. The molecule has 3 aromatic rings. The molecule has 2 aliphatic rings. The maximum absolute atomic E-state index is 14.2. The number of nitrogens with two attached hydrogens (primary N) is 1. The number of hydrogen-bond acceptors (Lipinski definition) is 7.